The minimum Gasteiger partial charge on any atom is -0.668 e. The summed E-state index contributed by atoms with van der Waals surface area (Å²) in [4.78, 5) is 20.3. The smallest absolute Gasteiger partial charge is 0.668 e. The molecule has 0 spiro atoms. The van der Waals surface area contributed by atoms with Crippen LogP contribution in [0, 0.1) is 0 Å². The Morgan fingerprint density at radius 2 is 1.57 bits per heavy atom. The normalized spacial score (nSPS) is 11.8. The zero-order chi connectivity index (χ0) is 9.94. The van der Waals surface area contributed by atoms with Crippen LogP contribution in [-0.2, 0) is 19.7 Å². The maximum absolute atomic E-state index is 10.3. The minimum atomic E-state index is -4.74. The average molecular weight is 240 g/mol. The molecular formula is C4H6N2Na2O5S. The fraction of sp³-hybridized carbons (Fsp3) is 0.500. The van der Waals surface area contributed by atoms with Crippen LogP contribution in [0.5, 0.6) is 0 Å². The van der Waals surface area contributed by atoms with E-state index >= 15 is 0 Å². The maximum Gasteiger partial charge on any atom is 1.00 e. The predicted octanol–water partition coefficient (Wildman–Crippen LogP) is -6.20. The van der Waals surface area contributed by atoms with Crippen LogP contribution in [0.15, 0.2) is 0 Å². The minimum absolute atomic E-state index is 0. The molecular weight excluding hydrogens is 234 g/mol. The van der Waals surface area contributed by atoms with E-state index in [2.05, 4.69) is 0 Å². The van der Waals surface area contributed by atoms with Crippen molar-refractivity contribution in [2.45, 2.75) is 11.7 Å². The summed E-state index contributed by atoms with van der Waals surface area (Å²) in [5.41, 5.74) is 12.7. The standard InChI is InChI=1S/C4H8N2O5S.2Na/c5-3(7)1-2(4(6)8)12(9,10)11;;/h2H,1H2,(H5,5,6,7,8,9,10,11);;/q;2*+1/p-2. The summed E-state index contributed by atoms with van der Waals surface area (Å²) in [7, 11) is -4.74. The molecule has 0 saturated heterocycles. The molecule has 0 aromatic carbocycles. The quantitative estimate of drug-likeness (QED) is 0.385. The van der Waals surface area contributed by atoms with Crippen molar-refractivity contribution in [3.8, 4) is 0 Å². The summed E-state index contributed by atoms with van der Waals surface area (Å²) in [6.07, 6.45) is -0.985. The van der Waals surface area contributed by atoms with E-state index in [0.29, 0.717) is 0 Å². The van der Waals surface area contributed by atoms with Gasteiger partial charge < -0.3 is 21.1 Å². The van der Waals surface area contributed by atoms with Gasteiger partial charge in [0, 0.05) is 6.42 Å². The molecule has 0 radical (unpaired) electrons. The Labute approximate surface area is 125 Å². The van der Waals surface area contributed by atoms with Crippen molar-refractivity contribution in [2.24, 2.45) is 0 Å². The van der Waals surface area contributed by atoms with E-state index in [4.69, 9.17) is 16.0 Å². The van der Waals surface area contributed by atoms with Crippen LogP contribution in [0.2, 0.25) is 0 Å². The van der Waals surface area contributed by atoms with E-state index in [1.54, 1.807) is 0 Å². The van der Waals surface area contributed by atoms with Crippen LogP contribution in [0.25, 0.3) is 11.5 Å². The summed E-state index contributed by atoms with van der Waals surface area (Å²) in [5, 5.41) is -2.12. The van der Waals surface area contributed by atoms with Crippen LogP contribution in [0.3, 0.4) is 0 Å². The Balaban J connectivity index is -0.000000605. The molecule has 7 nitrogen and oxygen atoms in total. The first-order valence-corrected chi connectivity index (χ1v) is 4.21. The molecule has 0 rings (SSSR count). The van der Waals surface area contributed by atoms with Crippen LogP contribution < -0.4 is 59.1 Å². The topological polar surface area (TPSA) is 136 Å². The third-order valence-corrected chi connectivity index (χ3v) is 2.12. The zero-order valence-corrected chi connectivity index (χ0v) is 12.6. The van der Waals surface area contributed by atoms with Crippen LogP contribution in [0.1, 0.15) is 6.42 Å². The monoisotopic (exact) mass is 240 g/mol. The van der Waals surface area contributed by atoms with Crippen molar-refractivity contribution in [1.82, 2.24) is 0 Å². The van der Waals surface area contributed by atoms with E-state index in [-0.39, 0.29) is 59.1 Å². The Morgan fingerprint density at radius 3 is 1.64 bits per heavy atom. The summed E-state index contributed by atoms with van der Waals surface area (Å²) < 4.78 is 28.9. The molecule has 14 heavy (non-hydrogen) atoms. The second-order valence-electron chi connectivity index (χ2n) is 2.00. The van der Waals surface area contributed by atoms with Gasteiger partial charge in [0.1, 0.15) is 5.25 Å². The van der Waals surface area contributed by atoms with Crippen molar-refractivity contribution in [3.05, 3.63) is 11.5 Å². The molecule has 10 heteroatoms. The van der Waals surface area contributed by atoms with Gasteiger partial charge in [-0.3, -0.25) is 4.55 Å². The van der Waals surface area contributed by atoms with E-state index in [9.17, 15) is 18.0 Å². The Bertz CT molecular complexity index is 303. The Morgan fingerprint density at radius 1 is 1.21 bits per heavy atom. The fourth-order valence-corrected chi connectivity index (χ4v) is 1.13. The van der Waals surface area contributed by atoms with Crippen molar-refractivity contribution in [1.29, 1.82) is 0 Å². The zero-order valence-electron chi connectivity index (χ0n) is 7.77. The molecule has 1 atom stereocenters. The molecule has 0 aromatic heterocycles. The molecule has 0 bridgehead atoms. The molecule has 0 fully saturated rings. The van der Waals surface area contributed by atoms with E-state index in [1.165, 1.54) is 0 Å². The Hall–Kier alpha value is 0.850. The fourth-order valence-electron chi connectivity index (χ4n) is 0.502. The first kappa shape index (κ1) is 20.3. The van der Waals surface area contributed by atoms with Crippen molar-refractivity contribution >= 4 is 21.9 Å². The molecule has 0 aliphatic heterocycles. The average Bonchev–Trinajstić information content (AvgIpc) is 1.79. The molecule has 0 aromatic rings. The predicted molar refractivity (Wildman–Crippen MR) is 38.6 cm³/mol. The molecule has 1 unspecified atom stereocenters. The number of amides is 2. The molecule has 3 N–H and O–H groups in total. The van der Waals surface area contributed by atoms with Gasteiger partial charge >= 0.3 is 59.1 Å². The second-order valence-corrected chi connectivity index (χ2v) is 3.59. The molecule has 2 amide bonds. The third-order valence-electron chi connectivity index (χ3n) is 1.02. The SMILES string of the molecule is [NH-]C(=O)CC(C([NH-])=O)S(=O)(=O)O.[Na+].[Na+]. The van der Waals surface area contributed by atoms with E-state index in [1.807, 2.05) is 0 Å². The number of hydrogen-bond donors (Lipinski definition) is 1. The maximum atomic E-state index is 10.3. The van der Waals surface area contributed by atoms with Gasteiger partial charge in [-0.15, -0.1) is 0 Å². The number of rotatable bonds is 4. The van der Waals surface area contributed by atoms with Crippen LogP contribution in [0.4, 0.5) is 0 Å². The third kappa shape index (κ3) is 8.18. The molecule has 0 heterocycles. The summed E-state index contributed by atoms with van der Waals surface area (Å²) in [5.74, 6) is -2.92. The first-order valence-electron chi connectivity index (χ1n) is 2.71. The van der Waals surface area contributed by atoms with Gasteiger partial charge in [0.05, 0.1) is 11.8 Å². The summed E-state index contributed by atoms with van der Waals surface area (Å²) in [6, 6.07) is 0. The molecule has 0 saturated carbocycles. The molecule has 0 aliphatic carbocycles. The second kappa shape index (κ2) is 8.05. The molecule has 0 aliphatic rings. The number of hydrogen-bond acceptors (Lipinski definition) is 4. The summed E-state index contributed by atoms with van der Waals surface area (Å²) in [6.45, 7) is 0. The van der Waals surface area contributed by atoms with Gasteiger partial charge in [-0.25, -0.2) is 0 Å². The van der Waals surface area contributed by atoms with Gasteiger partial charge in [-0.1, -0.05) is 0 Å². The Kier molecular flexibility index (Phi) is 11.7. The first-order chi connectivity index (χ1) is 5.25. The van der Waals surface area contributed by atoms with Crippen molar-refractivity contribution < 1.29 is 81.7 Å². The largest absolute Gasteiger partial charge is 1.00 e. The van der Waals surface area contributed by atoms with E-state index < -0.39 is 33.6 Å². The van der Waals surface area contributed by atoms with Crippen LogP contribution >= 0.6 is 0 Å². The number of nitrogens with one attached hydrogen (secondary N) is 2. The van der Waals surface area contributed by atoms with Gasteiger partial charge in [0.2, 0.25) is 0 Å². The van der Waals surface area contributed by atoms with E-state index in [0.717, 1.165) is 0 Å². The number of carbonyl (C=O) groups excluding carboxylic acids is 2. The van der Waals surface area contributed by atoms with Gasteiger partial charge in [0.25, 0.3) is 10.1 Å². The van der Waals surface area contributed by atoms with Gasteiger partial charge in [0.15, 0.2) is 0 Å². The van der Waals surface area contributed by atoms with Gasteiger partial charge in [-0.05, 0) is 0 Å². The number of carbonyl (C=O) groups is 2. The van der Waals surface area contributed by atoms with Gasteiger partial charge in [-0.2, -0.15) is 8.42 Å². The van der Waals surface area contributed by atoms with Crippen molar-refractivity contribution in [3.63, 3.8) is 0 Å². The van der Waals surface area contributed by atoms with Crippen LogP contribution in [-0.4, -0.2) is 30.0 Å². The van der Waals surface area contributed by atoms with Crippen molar-refractivity contribution in [2.75, 3.05) is 0 Å². The molecule has 70 valence electrons. The summed E-state index contributed by atoms with van der Waals surface area (Å²) >= 11 is 0.